The number of rotatable bonds is 4. The average Bonchev–Trinajstić information content (AvgIpc) is 2.58. The van der Waals surface area contributed by atoms with Gasteiger partial charge in [0.15, 0.2) is 0 Å². The Labute approximate surface area is 146 Å². The molecule has 2 heterocycles. The van der Waals surface area contributed by atoms with E-state index in [0.29, 0.717) is 0 Å². The van der Waals surface area contributed by atoms with Gasteiger partial charge in [0.1, 0.15) is 5.82 Å². The Kier molecular flexibility index (Phi) is 5.13. The van der Waals surface area contributed by atoms with Gasteiger partial charge in [0, 0.05) is 57.5 Å². The van der Waals surface area contributed by atoms with Crippen molar-refractivity contribution in [3.63, 3.8) is 0 Å². The van der Waals surface area contributed by atoms with Crippen LogP contribution in [-0.4, -0.2) is 55.1 Å². The van der Waals surface area contributed by atoms with Crippen LogP contribution in [0.5, 0.6) is 0 Å². The number of hydrogen-bond acceptors (Lipinski definition) is 5. The first kappa shape index (κ1) is 16.2. The number of aromatic nitrogens is 2. The van der Waals surface area contributed by atoms with Crippen molar-refractivity contribution in [2.24, 2.45) is 0 Å². The van der Waals surface area contributed by atoms with E-state index in [1.807, 2.05) is 31.3 Å². The fourth-order valence-corrected chi connectivity index (χ4v) is 2.98. The number of nitrogens with zero attached hydrogens (tertiary/aromatic N) is 5. The second-order valence-corrected chi connectivity index (χ2v) is 6.91. The highest BCUT2D eigenvalue weighted by atomic mass is 79.9. The molecule has 0 amide bonds. The first-order valence-corrected chi connectivity index (χ1v) is 8.63. The molecule has 1 aliphatic heterocycles. The van der Waals surface area contributed by atoms with Gasteiger partial charge in [-0.05, 0) is 23.8 Å². The molecule has 0 aliphatic carbocycles. The lowest BCUT2D eigenvalue weighted by molar-refractivity contribution is 0.249. The summed E-state index contributed by atoms with van der Waals surface area (Å²) >= 11 is 3.48. The van der Waals surface area contributed by atoms with Crippen LogP contribution >= 0.6 is 15.9 Å². The Bertz CT molecular complexity index is 636. The Morgan fingerprint density at radius 3 is 2.39 bits per heavy atom. The van der Waals surface area contributed by atoms with Crippen molar-refractivity contribution < 1.29 is 0 Å². The lowest BCUT2D eigenvalue weighted by Gasteiger charge is -2.35. The van der Waals surface area contributed by atoms with Crippen LogP contribution in [-0.2, 0) is 6.54 Å². The normalized spacial score (nSPS) is 15.7. The van der Waals surface area contributed by atoms with E-state index in [1.165, 1.54) is 5.56 Å². The predicted octanol–water partition coefficient (Wildman–Crippen LogP) is 2.63. The molecule has 1 aromatic carbocycles. The standard InChI is InChI=1S/C17H22BrN5/c1-21(2)17-19-8-7-16(20-17)23-11-9-22(10-12-23)13-14-3-5-15(18)6-4-14/h3-8H,9-13H2,1-2H3. The SMILES string of the molecule is CN(C)c1nccc(N2CCN(Cc3ccc(Br)cc3)CC2)n1. The maximum Gasteiger partial charge on any atom is 0.226 e. The third-order valence-electron chi connectivity index (χ3n) is 4.04. The predicted molar refractivity (Wildman–Crippen MR) is 98.0 cm³/mol. The van der Waals surface area contributed by atoms with E-state index in [-0.39, 0.29) is 0 Å². The summed E-state index contributed by atoms with van der Waals surface area (Å²) in [5.41, 5.74) is 1.36. The maximum atomic E-state index is 4.63. The largest absolute Gasteiger partial charge is 0.354 e. The molecule has 0 N–H and O–H groups in total. The first-order chi connectivity index (χ1) is 11.1. The molecule has 0 atom stereocenters. The monoisotopic (exact) mass is 375 g/mol. The Morgan fingerprint density at radius 1 is 1.04 bits per heavy atom. The highest BCUT2D eigenvalue weighted by molar-refractivity contribution is 9.10. The van der Waals surface area contributed by atoms with Gasteiger partial charge in [0.2, 0.25) is 5.95 Å². The molecule has 2 aromatic rings. The van der Waals surface area contributed by atoms with Crippen LogP contribution in [0.4, 0.5) is 11.8 Å². The Balaban J connectivity index is 1.58. The smallest absolute Gasteiger partial charge is 0.226 e. The van der Waals surface area contributed by atoms with E-state index in [0.717, 1.165) is 49.0 Å². The Morgan fingerprint density at radius 2 is 1.74 bits per heavy atom. The van der Waals surface area contributed by atoms with Crippen molar-refractivity contribution in [1.29, 1.82) is 0 Å². The molecule has 0 spiro atoms. The summed E-state index contributed by atoms with van der Waals surface area (Å²) in [6.07, 6.45) is 1.84. The highest BCUT2D eigenvalue weighted by Gasteiger charge is 2.18. The lowest BCUT2D eigenvalue weighted by atomic mass is 10.2. The van der Waals surface area contributed by atoms with Crippen molar-refractivity contribution in [2.75, 3.05) is 50.1 Å². The summed E-state index contributed by atoms with van der Waals surface area (Å²) in [6.45, 7) is 5.11. The van der Waals surface area contributed by atoms with Crippen LogP contribution in [0.25, 0.3) is 0 Å². The van der Waals surface area contributed by atoms with E-state index in [9.17, 15) is 0 Å². The fourth-order valence-electron chi connectivity index (χ4n) is 2.71. The van der Waals surface area contributed by atoms with Crippen LogP contribution in [0.15, 0.2) is 41.0 Å². The highest BCUT2D eigenvalue weighted by Crippen LogP contribution is 2.17. The van der Waals surface area contributed by atoms with Gasteiger partial charge in [-0.2, -0.15) is 4.98 Å². The number of halogens is 1. The van der Waals surface area contributed by atoms with Crippen molar-refractivity contribution in [1.82, 2.24) is 14.9 Å². The molecule has 3 rings (SSSR count). The summed E-state index contributed by atoms with van der Waals surface area (Å²) in [4.78, 5) is 15.7. The van der Waals surface area contributed by atoms with Gasteiger partial charge in [-0.3, -0.25) is 4.90 Å². The molecule has 1 aliphatic rings. The van der Waals surface area contributed by atoms with E-state index in [4.69, 9.17) is 0 Å². The number of piperazine rings is 1. The molecule has 0 bridgehead atoms. The van der Waals surface area contributed by atoms with Gasteiger partial charge in [0.25, 0.3) is 0 Å². The van der Waals surface area contributed by atoms with Gasteiger partial charge >= 0.3 is 0 Å². The molecule has 6 heteroatoms. The second-order valence-electron chi connectivity index (χ2n) is 6.00. The average molecular weight is 376 g/mol. The summed E-state index contributed by atoms with van der Waals surface area (Å²) in [5.74, 6) is 1.78. The van der Waals surface area contributed by atoms with Crippen LogP contribution in [0, 0.1) is 0 Å². The quantitative estimate of drug-likeness (QED) is 0.820. The van der Waals surface area contributed by atoms with Crippen LogP contribution in [0.1, 0.15) is 5.56 Å². The third kappa shape index (κ3) is 4.20. The van der Waals surface area contributed by atoms with E-state index in [1.54, 1.807) is 0 Å². The Hall–Kier alpha value is -1.66. The summed E-state index contributed by atoms with van der Waals surface area (Å²) in [5, 5.41) is 0. The molecule has 122 valence electrons. The topological polar surface area (TPSA) is 35.5 Å². The zero-order chi connectivity index (χ0) is 16.2. The molecule has 0 radical (unpaired) electrons. The minimum atomic E-state index is 0.764. The summed E-state index contributed by atoms with van der Waals surface area (Å²) in [6, 6.07) is 10.6. The van der Waals surface area contributed by atoms with Crippen molar-refractivity contribution in [3.05, 3.63) is 46.6 Å². The van der Waals surface area contributed by atoms with Gasteiger partial charge in [0.05, 0.1) is 0 Å². The molecule has 5 nitrogen and oxygen atoms in total. The zero-order valence-electron chi connectivity index (χ0n) is 13.6. The molecular weight excluding hydrogens is 354 g/mol. The van der Waals surface area contributed by atoms with Crippen molar-refractivity contribution in [2.45, 2.75) is 6.54 Å². The van der Waals surface area contributed by atoms with Crippen LogP contribution < -0.4 is 9.80 Å². The van der Waals surface area contributed by atoms with Crippen LogP contribution in [0.2, 0.25) is 0 Å². The second kappa shape index (κ2) is 7.27. The van der Waals surface area contributed by atoms with E-state index >= 15 is 0 Å². The zero-order valence-corrected chi connectivity index (χ0v) is 15.2. The van der Waals surface area contributed by atoms with Gasteiger partial charge in [-0.15, -0.1) is 0 Å². The molecule has 1 aromatic heterocycles. The van der Waals surface area contributed by atoms with E-state index in [2.05, 4.69) is 60.0 Å². The number of hydrogen-bond donors (Lipinski definition) is 0. The molecule has 0 saturated carbocycles. The van der Waals surface area contributed by atoms with Gasteiger partial charge in [-0.1, -0.05) is 28.1 Å². The first-order valence-electron chi connectivity index (χ1n) is 7.84. The van der Waals surface area contributed by atoms with Crippen LogP contribution in [0.3, 0.4) is 0 Å². The molecule has 1 fully saturated rings. The lowest BCUT2D eigenvalue weighted by Crippen LogP contribution is -2.46. The summed E-state index contributed by atoms with van der Waals surface area (Å²) < 4.78 is 1.13. The maximum absolute atomic E-state index is 4.63. The third-order valence-corrected chi connectivity index (χ3v) is 4.57. The number of benzene rings is 1. The fraction of sp³-hybridized carbons (Fsp3) is 0.412. The van der Waals surface area contributed by atoms with Crippen molar-refractivity contribution in [3.8, 4) is 0 Å². The van der Waals surface area contributed by atoms with Gasteiger partial charge < -0.3 is 9.80 Å². The minimum absolute atomic E-state index is 0.764. The molecular formula is C17H22BrN5. The van der Waals surface area contributed by atoms with Crippen molar-refractivity contribution >= 4 is 27.7 Å². The van der Waals surface area contributed by atoms with E-state index < -0.39 is 0 Å². The molecule has 0 unspecified atom stereocenters. The number of anilines is 2. The minimum Gasteiger partial charge on any atom is -0.354 e. The van der Waals surface area contributed by atoms with Gasteiger partial charge in [-0.25, -0.2) is 4.98 Å². The summed E-state index contributed by atoms with van der Waals surface area (Å²) in [7, 11) is 3.94. The molecule has 1 saturated heterocycles. The molecule has 23 heavy (non-hydrogen) atoms.